The van der Waals surface area contributed by atoms with Gasteiger partial charge in [-0.25, -0.2) is 4.98 Å². The highest BCUT2D eigenvalue weighted by atomic mass is 19.4. The summed E-state index contributed by atoms with van der Waals surface area (Å²) in [6, 6.07) is -4.07. The molecule has 0 fully saturated rings. The number of primary amides is 1. The van der Waals surface area contributed by atoms with Crippen molar-refractivity contribution in [3.05, 3.63) is 23.7 Å². The van der Waals surface area contributed by atoms with Gasteiger partial charge in [0.25, 0.3) is 0 Å². The van der Waals surface area contributed by atoms with Gasteiger partial charge in [0.1, 0.15) is 11.4 Å². The zero-order chi connectivity index (χ0) is 19.0. The highest BCUT2D eigenvalue weighted by Gasteiger charge is 2.40. The standard InChI is InChI=1S/C12H12F5N7O/c1-5-7(4-24(23-5)12(16,17)9(18)25)21-10-20-3-6(11(13,14)15)8(19-2)22-10/h3-4H,1-2H3,(H2,18,25)(H2,19,20,21,22). The van der Waals surface area contributed by atoms with Gasteiger partial charge in [0.2, 0.25) is 5.95 Å². The lowest BCUT2D eigenvalue weighted by atomic mass is 10.3. The highest BCUT2D eigenvalue weighted by molar-refractivity contribution is 5.79. The zero-order valence-electron chi connectivity index (χ0n) is 12.8. The lowest BCUT2D eigenvalue weighted by molar-refractivity contribution is -0.159. The molecule has 0 spiro atoms. The van der Waals surface area contributed by atoms with Crippen molar-refractivity contribution in [2.45, 2.75) is 19.1 Å². The number of anilines is 3. The first kappa shape index (κ1) is 18.4. The van der Waals surface area contributed by atoms with E-state index in [1.807, 2.05) is 0 Å². The molecule has 0 aliphatic carbocycles. The molecule has 4 N–H and O–H groups in total. The lowest BCUT2D eigenvalue weighted by Crippen LogP contribution is -2.38. The molecule has 2 aromatic rings. The molecule has 0 radical (unpaired) electrons. The van der Waals surface area contributed by atoms with Crippen LogP contribution in [0.1, 0.15) is 11.3 Å². The first-order valence-electron chi connectivity index (χ1n) is 6.60. The number of nitrogens with zero attached hydrogens (tertiary/aromatic N) is 4. The summed E-state index contributed by atoms with van der Waals surface area (Å²) in [6.45, 7) is 1.33. The number of nitrogens with one attached hydrogen (secondary N) is 2. The van der Waals surface area contributed by atoms with Crippen molar-refractivity contribution in [3.63, 3.8) is 0 Å². The molecule has 2 aromatic heterocycles. The van der Waals surface area contributed by atoms with E-state index in [9.17, 15) is 26.7 Å². The summed E-state index contributed by atoms with van der Waals surface area (Å²) in [5, 5.41) is 8.18. The Hall–Kier alpha value is -2.99. The molecule has 0 atom stereocenters. The lowest BCUT2D eigenvalue weighted by Gasteiger charge is -2.12. The fourth-order valence-corrected chi connectivity index (χ4v) is 1.80. The van der Waals surface area contributed by atoms with Gasteiger partial charge in [0.05, 0.1) is 17.6 Å². The molecule has 0 unspecified atom stereocenters. The Labute approximate surface area is 137 Å². The maximum absolute atomic E-state index is 13.5. The van der Waals surface area contributed by atoms with E-state index in [1.165, 1.54) is 14.0 Å². The Kier molecular flexibility index (Phi) is 4.51. The van der Waals surface area contributed by atoms with Gasteiger partial charge in [-0.1, -0.05) is 0 Å². The maximum Gasteiger partial charge on any atom is 0.422 e. The average Bonchev–Trinajstić information content (AvgIpc) is 2.87. The van der Waals surface area contributed by atoms with Crippen LogP contribution in [0.3, 0.4) is 0 Å². The van der Waals surface area contributed by atoms with Gasteiger partial charge in [0.15, 0.2) is 0 Å². The quantitative estimate of drug-likeness (QED) is 0.697. The molecular weight excluding hydrogens is 353 g/mol. The number of nitrogens with two attached hydrogens (primary N) is 1. The van der Waals surface area contributed by atoms with Gasteiger partial charge in [-0.15, -0.1) is 0 Å². The van der Waals surface area contributed by atoms with Crippen molar-refractivity contribution < 1.29 is 26.7 Å². The molecule has 13 heteroatoms. The topological polar surface area (TPSA) is 111 Å². The third-order valence-electron chi connectivity index (χ3n) is 3.06. The van der Waals surface area contributed by atoms with Crippen LogP contribution in [0.2, 0.25) is 0 Å². The average molecular weight is 365 g/mol. The van der Waals surface area contributed by atoms with Crippen LogP contribution in [0.4, 0.5) is 39.4 Å². The number of halogens is 5. The summed E-state index contributed by atoms with van der Waals surface area (Å²) < 4.78 is 65.5. The minimum absolute atomic E-state index is 0.0235. The Morgan fingerprint density at radius 3 is 2.44 bits per heavy atom. The number of amides is 1. The normalized spacial score (nSPS) is 12.1. The first-order valence-corrected chi connectivity index (χ1v) is 6.60. The first-order chi connectivity index (χ1) is 11.5. The van der Waals surface area contributed by atoms with Crippen LogP contribution in [0, 0.1) is 6.92 Å². The van der Waals surface area contributed by atoms with Crippen molar-refractivity contribution in [3.8, 4) is 0 Å². The number of alkyl halides is 5. The SMILES string of the molecule is CNc1nc(Nc2cn(C(F)(F)C(N)=O)nc2C)ncc1C(F)(F)F. The fraction of sp³-hybridized carbons (Fsp3) is 0.333. The second kappa shape index (κ2) is 6.14. The molecule has 2 rings (SSSR count). The molecule has 0 aromatic carbocycles. The van der Waals surface area contributed by atoms with Crippen LogP contribution in [0.25, 0.3) is 0 Å². The number of aromatic nitrogens is 4. The molecule has 25 heavy (non-hydrogen) atoms. The number of carbonyl (C=O) groups excluding carboxylic acids is 1. The van der Waals surface area contributed by atoms with Crippen molar-refractivity contribution >= 4 is 23.4 Å². The Balaban J connectivity index is 2.35. The minimum Gasteiger partial charge on any atom is -0.372 e. The number of carbonyl (C=O) groups is 1. The van der Waals surface area contributed by atoms with Crippen LogP contribution in [0.15, 0.2) is 12.4 Å². The molecule has 2 heterocycles. The summed E-state index contributed by atoms with van der Waals surface area (Å²) in [7, 11) is 1.23. The molecule has 8 nitrogen and oxygen atoms in total. The Morgan fingerprint density at radius 2 is 1.92 bits per heavy atom. The van der Waals surface area contributed by atoms with E-state index in [0.29, 0.717) is 6.20 Å². The molecule has 136 valence electrons. The summed E-state index contributed by atoms with van der Waals surface area (Å²) in [5.74, 6) is -2.70. The monoisotopic (exact) mass is 365 g/mol. The summed E-state index contributed by atoms with van der Waals surface area (Å²) >= 11 is 0. The summed E-state index contributed by atoms with van der Waals surface area (Å²) in [6.07, 6.45) is -3.36. The third-order valence-corrected chi connectivity index (χ3v) is 3.06. The van der Waals surface area contributed by atoms with E-state index in [2.05, 4.69) is 31.4 Å². The molecule has 1 amide bonds. The van der Waals surface area contributed by atoms with Crippen LogP contribution in [0.5, 0.6) is 0 Å². The van der Waals surface area contributed by atoms with E-state index in [1.54, 1.807) is 0 Å². The zero-order valence-corrected chi connectivity index (χ0v) is 12.8. The van der Waals surface area contributed by atoms with Crippen molar-refractivity contribution in [2.24, 2.45) is 5.73 Å². The van der Waals surface area contributed by atoms with Gasteiger partial charge < -0.3 is 16.4 Å². The number of aryl methyl sites for hydroxylation is 1. The fourth-order valence-electron chi connectivity index (χ4n) is 1.80. The smallest absolute Gasteiger partial charge is 0.372 e. The molecule has 0 aliphatic heterocycles. The van der Waals surface area contributed by atoms with Crippen LogP contribution >= 0.6 is 0 Å². The van der Waals surface area contributed by atoms with Gasteiger partial charge in [0, 0.05) is 13.2 Å². The number of hydrogen-bond acceptors (Lipinski definition) is 6. The largest absolute Gasteiger partial charge is 0.422 e. The van der Waals surface area contributed by atoms with Gasteiger partial charge in [-0.05, 0) is 6.92 Å². The predicted molar refractivity (Wildman–Crippen MR) is 76.2 cm³/mol. The molecule has 0 aliphatic rings. The third kappa shape index (κ3) is 3.59. The van der Waals surface area contributed by atoms with E-state index < -0.39 is 29.5 Å². The second-order valence-electron chi connectivity index (χ2n) is 4.81. The van der Waals surface area contributed by atoms with E-state index >= 15 is 0 Å². The summed E-state index contributed by atoms with van der Waals surface area (Å²) in [4.78, 5) is 17.9. The van der Waals surface area contributed by atoms with Crippen molar-refractivity contribution in [1.82, 2.24) is 19.7 Å². The Morgan fingerprint density at radius 1 is 1.28 bits per heavy atom. The highest BCUT2D eigenvalue weighted by Crippen LogP contribution is 2.34. The predicted octanol–water partition coefficient (Wildman–Crippen LogP) is 1.82. The van der Waals surface area contributed by atoms with E-state index in [0.717, 1.165) is 6.20 Å². The molecule has 0 saturated heterocycles. The minimum atomic E-state index is -4.67. The maximum atomic E-state index is 13.5. The van der Waals surface area contributed by atoms with Crippen LogP contribution < -0.4 is 16.4 Å². The van der Waals surface area contributed by atoms with Crippen molar-refractivity contribution in [2.75, 3.05) is 17.7 Å². The van der Waals surface area contributed by atoms with Crippen LogP contribution in [-0.4, -0.2) is 32.7 Å². The van der Waals surface area contributed by atoms with E-state index in [4.69, 9.17) is 0 Å². The molecule has 0 bridgehead atoms. The van der Waals surface area contributed by atoms with Gasteiger partial charge in [-0.3, -0.25) is 4.79 Å². The Bertz CT molecular complexity index is 802. The van der Waals surface area contributed by atoms with Gasteiger partial charge >= 0.3 is 18.1 Å². The van der Waals surface area contributed by atoms with Gasteiger partial charge in [-0.2, -0.15) is 36.7 Å². The summed E-state index contributed by atoms with van der Waals surface area (Å²) in [5.41, 5.74) is 3.49. The van der Waals surface area contributed by atoms with Crippen molar-refractivity contribution in [1.29, 1.82) is 0 Å². The number of rotatable bonds is 5. The molecular formula is C12H12F5N7O. The van der Waals surface area contributed by atoms with Crippen LogP contribution in [-0.2, 0) is 17.0 Å². The second-order valence-corrected chi connectivity index (χ2v) is 4.81. The number of hydrogen-bond donors (Lipinski definition) is 3. The van der Waals surface area contributed by atoms with E-state index in [-0.39, 0.29) is 22.0 Å². The molecule has 0 saturated carbocycles.